The number of carbonyl (C=O) groups excluding carboxylic acids is 1. The maximum atomic E-state index is 11.5. The Bertz CT molecular complexity index is 804. The van der Waals surface area contributed by atoms with Gasteiger partial charge >= 0.3 is 11.6 Å². The molecule has 0 aliphatic carbocycles. The first-order valence-electron chi connectivity index (χ1n) is 6.90. The lowest BCUT2D eigenvalue weighted by molar-refractivity contribution is -0.167. The van der Waals surface area contributed by atoms with E-state index in [1.54, 1.807) is 32.0 Å². The summed E-state index contributed by atoms with van der Waals surface area (Å²) in [5, 5.41) is 11.3. The summed E-state index contributed by atoms with van der Waals surface area (Å²) in [6, 6.07) is 6.38. The van der Waals surface area contributed by atoms with Crippen molar-refractivity contribution in [2.24, 2.45) is 0 Å². The topological polar surface area (TPSA) is 86.0 Å². The van der Waals surface area contributed by atoms with E-state index in [0.717, 1.165) is 0 Å². The zero-order chi connectivity index (χ0) is 16.1. The van der Waals surface area contributed by atoms with Gasteiger partial charge in [0.25, 0.3) is 0 Å². The monoisotopic (exact) mass is 304 g/mol. The van der Waals surface area contributed by atoms with Crippen molar-refractivity contribution in [3.8, 4) is 5.75 Å². The van der Waals surface area contributed by atoms with Gasteiger partial charge < -0.3 is 19.0 Å². The Balaban J connectivity index is 2.09. The highest BCUT2D eigenvalue weighted by molar-refractivity contribution is 5.83. The summed E-state index contributed by atoms with van der Waals surface area (Å²) < 4.78 is 16.2. The molecule has 6 nitrogen and oxygen atoms in total. The number of esters is 1. The van der Waals surface area contributed by atoms with Crippen molar-refractivity contribution in [3.63, 3.8) is 0 Å². The maximum absolute atomic E-state index is 11.5. The van der Waals surface area contributed by atoms with Crippen LogP contribution in [0.3, 0.4) is 0 Å². The number of ether oxygens (including phenoxy) is 2. The van der Waals surface area contributed by atoms with Crippen LogP contribution in [-0.4, -0.2) is 22.8 Å². The van der Waals surface area contributed by atoms with Gasteiger partial charge in [0.15, 0.2) is 6.10 Å². The highest BCUT2D eigenvalue weighted by atomic mass is 16.6. The lowest BCUT2D eigenvalue weighted by atomic mass is 9.93. The third-order valence-electron chi connectivity index (χ3n) is 3.72. The van der Waals surface area contributed by atoms with E-state index >= 15 is 0 Å². The van der Waals surface area contributed by atoms with Gasteiger partial charge in [-0.3, -0.25) is 4.79 Å². The lowest BCUT2D eigenvalue weighted by Gasteiger charge is -2.31. The molecule has 116 valence electrons. The van der Waals surface area contributed by atoms with Gasteiger partial charge in [0.2, 0.25) is 0 Å². The van der Waals surface area contributed by atoms with Crippen molar-refractivity contribution in [3.05, 3.63) is 40.2 Å². The van der Waals surface area contributed by atoms with Crippen LogP contribution in [0.2, 0.25) is 0 Å². The molecule has 1 aliphatic heterocycles. The Kier molecular flexibility index (Phi) is 3.21. The third kappa shape index (κ3) is 2.25. The molecular weight excluding hydrogens is 288 g/mol. The zero-order valence-electron chi connectivity index (χ0n) is 12.5. The van der Waals surface area contributed by atoms with Crippen LogP contribution in [0.1, 0.15) is 32.4 Å². The summed E-state index contributed by atoms with van der Waals surface area (Å²) in [4.78, 5) is 22.7. The number of aliphatic hydroxyl groups is 1. The van der Waals surface area contributed by atoms with Crippen molar-refractivity contribution in [2.75, 3.05) is 0 Å². The average molecular weight is 304 g/mol. The summed E-state index contributed by atoms with van der Waals surface area (Å²) in [5.74, 6) is -0.0484. The van der Waals surface area contributed by atoms with Crippen molar-refractivity contribution < 1.29 is 23.8 Å². The van der Waals surface area contributed by atoms with Gasteiger partial charge in [-0.2, -0.15) is 0 Å². The molecular formula is C16H16O6. The van der Waals surface area contributed by atoms with Crippen molar-refractivity contribution in [1.29, 1.82) is 0 Å². The van der Waals surface area contributed by atoms with Crippen molar-refractivity contribution in [2.45, 2.75) is 38.6 Å². The normalized spacial score (nSPS) is 20.5. The Morgan fingerprint density at radius 1 is 1.27 bits per heavy atom. The van der Waals surface area contributed by atoms with Gasteiger partial charge in [0.1, 0.15) is 23.0 Å². The average Bonchev–Trinajstić information content (AvgIpc) is 2.76. The van der Waals surface area contributed by atoms with Crippen LogP contribution in [0.4, 0.5) is 0 Å². The molecule has 0 spiro atoms. The smallest absolute Gasteiger partial charge is 0.336 e. The van der Waals surface area contributed by atoms with E-state index in [1.165, 1.54) is 13.0 Å². The number of hydrogen-bond acceptors (Lipinski definition) is 6. The molecule has 1 aromatic carbocycles. The van der Waals surface area contributed by atoms with E-state index in [2.05, 4.69) is 0 Å². The van der Waals surface area contributed by atoms with Crippen LogP contribution in [0.15, 0.2) is 33.5 Å². The molecule has 0 amide bonds. The second kappa shape index (κ2) is 4.84. The fourth-order valence-electron chi connectivity index (χ4n) is 2.82. The molecule has 0 fully saturated rings. The van der Waals surface area contributed by atoms with E-state index < -0.39 is 29.4 Å². The predicted octanol–water partition coefficient (Wildman–Crippen LogP) is 1.93. The highest BCUT2D eigenvalue weighted by Gasteiger charge is 2.47. The standard InChI is InChI=1S/C16H16O6/c1-8(17)22-16(2,3)15-13(19)12-10(20-15)6-4-9-5-7-11(18)21-14(9)12/h4-7,13,15,19H,1-3H3/t13-,15+/m1/s1. The summed E-state index contributed by atoms with van der Waals surface area (Å²) >= 11 is 0. The van der Waals surface area contributed by atoms with Crippen LogP contribution in [0, 0.1) is 0 Å². The first-order valence-corrected chi connectivity index (χ1v) is 6.90. The number of rotatable bonds is 2. The second-order valence-corrected chi connectivity index (χ2v) is 5.83. The fourth-order valence-corrected chi connectivity index (χ4v) is 2.82. The molecule has 0 unspecified atom stereocenters. The molecule has 0 bridgehead atoms. The third-order valence-corrected chi connectivity index (χ3v) is 3.72. The minimum atomic E-state index is -1.07. The van der Waals surface area contributed by atoms with Crippen LogP contribution in [0.25, 0.3) is 11.0 Å². The largest absolute Gasteiger partial charge is 0.483 e. The Morgan fingerprint density at radius 3 is 2.64 bits per heavy atom. The van der Waals surface area contributed by atoms with Crippen LogP contribution in [-0.2, 0) is 9.53 Å². The lowest BCUT2D eigenvalue weighted by Crippen LogP contribution is -2.45. The van der Waals surface area contributed by atoms with E-state index in [1.807, 2.05) is 0 Å². The summed E-state index contributed by atoms with van der Waals surface area (Å²) in [7, 11) is 0. The molecule has 1 N–H and O–H groups in total. The molecule has 2 heterocycles. The number of benzene rings is 1. The van der Waals surface area contributed by atoms with E-state index in [0.29, 0.717) is 22.3 Å². The molecule has 3 rings (SSSR count). The molecule has 0 saturated heterocycles. The molecule has 2 aromatic rings. The fraction of sp³-hybridized carbons (Fsp3) is 0.375. The second-order valence-electron chi connectivity index (χ2n) is 5.83. The minimum Gasteiger partial charge on any atom is -0.483 e. The van der Waals surface area contributed by atoms with Gasteiger partial charge in [0, 0.05) is 18.4 Å². The first kappa shape index (κ1) is 14.6. The van der Waals surface area contributed by atoms with Gasteiger partial charge in [-0.05, 0) is 32.0 Å². The summed E-state index contributed by atoms with van der Waals surface area (Å²) in [6.45, 7) is 4.61. The molecule has 22 heavy (non-hydrogen) atoms. The molecule has 1 aromatic heterocycles. The van der Waals surface area contributed by atoms with Gasteiger partial charge in [-0.15, -0.1) is 0 Å². The van der Waals surface area contributed by atoms with E-state index in [9.17, 15) is 14.7 Å². The molecule has 2 atom stereocenters. The minimum absolute atomic E-state index is 0.290. The predicted molar refractivity (Wildman–Crippen MR) is 77.7 cm³/mol. The summed E-state index contributed by atoms with van der Waals surface area (Å²) in [5.41, 5.74) is -0.846. The number of fused-ring (bicyclic) bond motifs is 3. The Hall–Kier alpha value is -2.34. The number of hydrogen-bond donors (Lipinski definition) is 1. The summed E-state index contributed by atoms with van der Waals surface area (Å²) in [6.07, 6.45) is -1.86. The van der Waals surface area contributed by atoms with Crippen LogP contribution >= 0.6 is 0 Å². The molecule has 0 radical (unpaired) electrons. The van der Waals surface area contributed by atoms with Crippen molar-refractivity contribution in [1.82, 2.24) is 0 Å². The van der Waals surface area contributed by atoms with E-state index in [-0.39, 0.29) is 0 Å². The van der Waals surface area contributed by atoms with Gasteiger partial charge in [0.05, 0.1) is 5.56 Å². The van der Waals surface area contributed by atoms with Gasteiger partial charge in [-0.25, -0.2) is 4.79 Å². The SMILES string of the molecule is CC(=O)OC(C)(C)[C@H]1Oc2ccc3ccc(=O)oc3c2[C@H]1O. The number of carbonyl (C=O) groups is 1. The first-order chi connectivity index (χ1) is 10.3. The van der Waals surface area contributed by atoms with Crippen LogP contribution < -0.4 is 10.4 Å². The maximum Gasteiger partial charge on any atom is 0.336 e. The molecule has 1 aliphatic rings. The van der Waals surface area contributed by atoms with Gasteiger partial charge in [-0.1, -0.05) is 0 Å². The Labute approximate surface area is 126 Å². The Morgan fingerprint density at radius 2 is 1.95 bits per heavy atom. The quantitative estimate of drug-likeness (QED) is 0.674. The van der Waals surface area contributed by atoms with Crippen molar-refractivity contribution >= 4 is 16.9 Å². The highest BCUT2D eigenvalue weighted by Crippen LogP contribution is 2.44. The zero-order valence-corrected chi connectivity index (χ0v) is 12.5. The van der Waals surface area contributed by atoms with E-state index in [4.69, 9.17) is 13.9 Å². The van der Waals surface area contributed by atoms with Crippen LogP contribution in [0.5, 0.6) is 5.75 Å². The number of aliphatic hydroxyl groups excluding tert-OH is 1. The molecule has 0 saturated carbocycles. The molecule has 6 heteroatoms.